The third kappa shape index (κ3) is 3.09. The third-order valence-corrected chi connectivity index (χ3v) is 5.33. The Kier molecular flexibility index (Phi) is 4.02. The van der Waals surface area contributed by atoms with Gasteiger partial charge in [0.25, 0.3) is 0 Å². The maximum atomic E-state index is 12.9. The van der Waals surface area contributed by atoms with Gasteiger partial charge in [-0.15, -0.1) is 0 Å². The largest absolute Gasteiger partial charge is 0.313 e. The molecule has 1 aromatic carbocycles. The van der Waals surface area contributed by atoms with Gasteiger partial charge < -0.3 is 5.32 Å². The van der Waals surface area contributed by atoms with Crippen LogP contribution in [0, 0.1) is 11.7 Å². The molecule has 1 N–H and O–H groups in total. The summed E-state index contributed by atoms with van der Waals surface area (Å²) in [6.07, 6.45) is 1.34. The van der Waals surface area contributed by atoms with Gasteiger partial charge in [0, 0.05) is 6.04 Å². The number of hydrogen-bond acceptors (Lipinski definition) is 3. The fourth-order valence-corrected chi connectivity index (χ4v) is 4.11. The molecule has 1 unspecified atom stereocenters. The van der Waals surface area contributed by atoms with Crippen LogP contribution in [-0.4, -0.2) is 27.0 Å². The van der Waals surface area contributed by atoms with Crippen molar-refractivity contribution >= 4 is 9.84 Å². The number of benzene rings is 1. The summed E-state index contributed by atoms with van der Waals surface area (Å²) < 4.78 is 35.7. The molecule has 2 rings (SSSR count). The van der Waals surface area contributed by atoms with E-state index in [1.807, 2.05) is 7.05 Å². The van der Waals surface area contributed by atoms with E-state index in [4.69, 9.17) is 0 Å². The highest BCUT2D eigenvalue weighted by Gasteiger charge is 2.29. The van der Waals surface area contributed by atoms with Crippen LogP contribution in [-0.2, 0) is 9.84 Å². The highest BCUT2D eigenvalue weighted by atomic mass is 32.2. The molecule has 0 amide bonds. The van der Waals surface area contributed by atoms with Gasteiger partial charge in [-0.2, -0.15) is 0 Å². The Morgan fingerprint density at radius 3 is 2.28 bits per heavy atom. The van der Waals surface area contributed by atoms with Crippen molar-refractivity contribution in [3.63, 3.8) is 0 Å². The number of halogens is 1. The molecule has 0 aromatic heterocycles. The summed E-state index contributed by atoms with van der Waals surface area (Å²) in [5.41, 5.74) is 1.02. The molecule has 5 heteroatoms. The quantitative estimate of drug-likeness (QED) is 0.913. The van der Waals surface area contributed by atoms with Crippen molar-refractivity contribution in [1.29, 1.82) is 0 Å². The molecule has 1 saturated heterocycles. The molecule has 0 aliphatic carbocycles. The second-order valence-corrected chi connectivity index (χ2v) is 7.11. The molecule has 1 aromatic rings. The molecular formula is C13H18FNO2S. The van der Waals surface area contributed by atoms with Crippen molar-refractivity contribution in [1.82, 2.24) is 5.32 Å². The van der Waals surface area contributed by atoms with E-state index >= 15 is 0 Å². The maximum absolute atomic E-state index is 12.9. The third-order valence-electron chi connectivity index (χ3n) is 3.61. The van der Waals surface area contributed by atoms with Gasteiger partial charge in [0.2, 0.25) is 0 Å². The molecule has 1 aliphatic rings. The summed E-state index contributed by atoms with van der Waals surface area (Å²) in [6, 6.07) is 6.51. The second kappa shape index (κ2) is 5.36. The fraction of sp³-hybridized carbons (Fsp3) is 0.538. The van der Waals surface area contributed by atoms with Crippen molar-refractivity contribution in [3.8, 4) is 0 Å². The van der Waals surface area contributed by atoms with E-state index in [-0.39, 0.29) is 23.4 Å². The van der Waals surface area contributed by atoms with Gasteiger partial charge in [-0.25, -0.2) is 12.8 Å². The number of sulfone groups is 1. The lowest BCUT2D eigenvalue weighted by Gasteiger charge is -2.30. The van der Waals surface area contributed by atoms with Gasteiger partial charge in [0.05, 0.1) is 11.5 Å². The van der Waals surface area contributed by atoms with Crippen LogP contribution in [0.1, 0.15) is 24.4 Å². The summed E-state index contributed by atoms with van der Waals surface area (Å²) in [4.78, 5) is 0. The summed E-state index contributed by atoms with van der Waals surface area (Å²) in [7, 11) is -0.976. The minimum atomic E-state index is -2.83. The first kappa shape index (κ1) is 13.5. The topological polar surface area (TPSA) is 46.2 Å². The zero-order valence-corrected chi connectivity index (χ0v) is 11.2. The van der Waals surface area contributed by atoms with Crippen LogP contribution >= 0.6 is 0 Å². The van der Waals surface area contributed by atoms with E-state index in [0.29, 0.717) is 18.8 Å². The molecule has 3 nitrogen and oxygen atoms in total. The molecule has 1 atom stereocenters. The Morgan fingerprint density at radius 2 is 1.78 bits per heavy atom. The smallest absolute Gasteiger partial charge is 0.150 e. The molecule has 0 bridgehead atoms. The molecule has 100 valence electrons. The second-order valence-electron chi connectivity index (χ2n) is 4.81. The molecule has 18 heavy (non-hydrogen) atoms. The normalized spacial score (nSPS) is 21.7. The first-order valence-corrected chi connectivity index (χ1v) is 7.97. The highest BCUT2D eigenvalue weighted by molar-refractivity contribution is 7.91. The van der Waals surface area contributed by atoms with Gasteiger partial charge in [-0.1, -0.05) is 12.1 Å². The standard InChI is InChI=1S/C13H18FNO2S/c1-15-13(10-2-4-12(14)5-3-10)11-6-8-18(16,17)9-7-11/h2-5,11,13,15H,6-9H2,1H3. The monoisotopic (exact) mass is 271 g/mol. The summed E-state index contributed by atoms with van der Waals surface area (Å²) in [5.74, 6) is 0.567. The van der Waals surface area contributed by atoms with Crippen molar-refractivity contribution in [2.75, 3.05) is 18.6 Å². The van der Waals surface area contributed by atoms with E-state index in [1.165, 1.54) is 12.1 Å². The Labute approximate surface area is 107 Å². The van der Waals surface area contributed by atoms with Crippen molar-refractivity contribution in [2.24, 2.45) is 5.92 Å². The Morgan fingerprint density at radius 1 is 1.22 bits per heavy atom. The van der Waals surface area contributed by atoms with Gasteiger partial charge in [-0.3, -0.25) is 0 Å². The SMILES string of the molecule is CNC(c1ccc(F)cc1)C1CCS(=O)(=O)CC1. The van der Waals surface area contributed by atoms with Crippen LogP contribution in [0.5, 0.6) is 0 Å². The maximum Gasteiger partial charge on any atom is 0.150 e. The van der Waals surface area contributed by atoms with Gasteiger partial charge in [0.1, 0.15) is 15.7 Å². The zero-order chi connectivity index (χ0) is 13.2. The van der Waals surface area contributed by atoms with Gasteiger partial charge in [0.15, 0.2) is 0 Å². The fourth-order valence-electron chi connectivity index (χ4n) is 2.59. The lowest BCUT2D eigenvalue weighted by molar-refractivity contribution is 0.350. The molecule has 0 saturated carbocycles. The van der Waals surface area contributed by atoms with E-state index in [0.717, 1.165) is 5.56 Å². The zero-order valence-electron chi connectivity index (χ0n) is 10.4. The van der Waals surface area contributed by atoms with Crippen LogP contribution < -0.4 is 5.32 Å². The minimum Gasteiger partial charge on any atom is -0.313 e. The summed E-state index contributed by atoms with van der Waals surface area (Å²) >= 11 is 0. The van der Waals surface area contributed by atoms with Crippen molar-refractivity contribution in [2.45, 2.75) is 18.9 Å². The predicted molar refractivity (Wildman–Crippen MR) is 69.6 cm³/mol. The van der Waals surface area contributed by atoms with Gasteiger partial charge >= 0.3 is 0 Å². The molecule has 0 spiro atoms. The Hall–Kier alpha value is -0.940. The van der Waals surface area contributed by atoms with Crippen molar-refractivity contribution < 1.29 is 12.8 Å². The lowest BCUT2D eigenvalue weighted by Crippen LogP contribution is -2.32. The van der Waals surface area contributed by atoms with Crippen LogP contribution in [0.15, 0.2) is 24.3 Å². The Bertz CT molecular complexity index is 484. The number of rotatable bonds is 3. The molecule has 1 aliphatic heterocycles. The average Bonchev–Trinajstić information content (AvgIpc) is 2.34. The van der Waals surface area contributed by atoms with E-state index in [1.54, 1.807) is 12.1 Å². The van der Waals surface area contributed by atoms with Crippen LogP contribution in [0.2, 0.25) is 0 Å². The molecule has 1 heterocycles. The molecule has 0 radical (unpaired) electrons. The Balaban J connectivity index is 2.12. The molecule has 1 fully saturated rings. The van der Waals surface area contributed by atoms with Crippen LogP contribution in [0.25, 0.3) is 0 Å². The van der Waals surface area contributed by atoms with Crippen LogP contribution in [0.3, 0.4) is 0 Å². The summed E-state index contributed by atoms with van der Waals surface area (Å²) in [5, 5.41) is 3.22. The van der Waals surface area contributed by atoms with Crippen LogP contribution in [0.4, 0.5) is 4.39 Å². The number of hydrogen-bond donors (Lipinski definition) is 1. The lowest BCUT2D eigenvalue weighted by atomic mass is 9.88. The van der Waals surface area contributed by atoms with E-state index in [2.05, 4.69) is 5.32 Å². The average molecular weight is 271 g/mol. The first-order chi connectivity index (χ1) is 8.52. The minimum absolute atomic E-state index is 0.0982. The number of nitrogens with one attached hydrogen (secondary N) is 1. The van der Waals surface area contributed by atoms with E-state index in [9.17, 15) is 12.8 Å². The summed E-state index contributed by atoms with van der Waals surface area (Å²) in [6.45, 7) is 0. The molecular weight excluding hydrogens is 253 g/mol. The van der Waals surface area contributed by atoms with E-state index < -0.39 is 9.84 Å². The highest BCUT2D eigenvalue weighted by Crippen LogP contribution is 2.31. The predicted octanol–water partition coefficient (Wildman–Crippen LogP) is 1.91. The van der Waals surface area contributed by atoms with Crippen molar-refractivity contribution in [3.05, 3.63) is 35.6 Å². The first-order valence-electron chi connectivity index (χ1n) is 6.15. The van der Waals surface area contributed by atoms with Gasteiger partial charge in [-0.05, 0) is 43.5 Å².